The predicted molar refractivity (Wildman–Crippen MR) is 48.1 cm³/mol. The van der Waals surface area contributed by atoms with Crippen LogP contribution in [0.2, 0.25) is 0 Å². The third-order valence-electron chi connectivity index (χ3n) is 2.60. The van der Waals surface area contributed by atoms with E-state index in [-0.39, 0.29) is 18.8 Å². The second kappa shape index (κ2) is 2.79. The van der Waals surface area contributed by atoms with E-state index in [4.69, 9.17) is 0 Å². The molecule has 0 bridgehead atoms. The van der Waals surface area contributed by atoms with Crippen molar-refractivity contribution < 1.29 is 8.78 Å². The largest absolute Gasteiger partial charge is 0.249 e. The Morgan fingerprint density at radius 3 is 2.54 bits per heavy atom. The van der Waals surface area contributed by atoms with Crippen LogP contribution in [0.1, 0.15) is 29.9 Å². The fraction of sp³-hybridized carbons (Fsp3) is 0.455. The average molecular weight is 182 g/mol. The van der Waals surface area contributed by atoms with E-state index in [0.717, 1.165) is 11.1 Å². The highest BCUT2D eigenvalue weighted by molar-refractivity contribution is 5.27. The Labute approximate surface area is 76.6 Å². The maximum absolute atomic E-state index is 12.6. The zero-order chi connectivity index (χ0) is 9.47. The van der Waals surface area contributed by atoms with Crippen LogP contribution in [-0.2, 0) is 0 Å². The number of benzene rings is 1. The van der Waals surface area contributed by atoms with Gasteiger partial charge in [-0.15, -0.1) is 0 Å². The van der Waals surface area contributed by atoms with Gasteiger partial charge in [0.2, 0.25) is 5.92 Å². The van der Waals surface area contributed by atoms with Gasteiger partial charge in [-0.2, -0.15) is 0 Å². The quantitative estimate of drug-likeness (QED) is 0.623. The fourth-order valence-electron chi connectivity index (χ4n) is 1.82. The Hall–Kier alpha value is -0.920. The molecule has 0 unspecified atom stereocenters. The molecule has 2 heteroatoms. The van der Waals surface area contributed by atoms with E-state index in [1.165, 1.54) is 0 Å². The normalized spacial score (nSPS) is 21.2. The molecule has 2 rings (SSSR count). The van der Waals surface area contributed by atoms with E-state index in [0.29, 0.717) is 0 Å². The van der Waals surface area contributed by atoms with Crippen molar-refractivity contribution in [3.8, 4) is 0 Å². The van der Waals surface area contributed by atoms with Crippen molar-refractivity contribution in [1.29, 1.82) is 0 Å². The van der Waals surface area contributed by atoms with E-state index in [1.807, 2.05) is 31.2 Å². The van der Waals surface area contributed by atoms with Gasteiger partial charge in [-0.1, -0.05) is 29.8 Å². The van der Waals surface area contributed by atoms with Gasteiger partial charge in [0.05, 0.1) is 0 Å². The van der Waals surface area contributed by atoms with E-state index < -0.39 is 5.92 Å². The molecular formula is C11H12F2. The second-order valence-corrected chi connectivity index (χ2v) is 3.88. The number of rotatable bonds is 1. The Kier molecular flexibility index (Phi) is 1.86. The van der Waals surface area contributed by atoms with Crippen LogP contribution < -0.4 is 0 Å². The molecule has 1 aromatic carbocycles. The summed E-state index contributed by atoms with van der Waals surface area (Å²) in [6.45, 7) is 1.99. The van der Waals surface area contributed by atoms with E-state index in [2.05, 4.69) is 0 Å². The summed E-state index contributed by atoms with van der Waals surface area (Å²) in [5.74, 6) is -2.33. The van der Waals surface area contributed by atoms with Crippen molar-refractivity contribution in [2.24, 2.45) is 0 Å². The first-order valence-electron chi connectivity index (χ1n) is 4.51. The van der Waals surface area contributed by atoms with Crippen molar-refractivity contribution in [1.82, 2.24) is 0 Å². The molecule has 0 N–H and O–H groups in total. The molecule has 1 aliphatic rings. The molecule has 13 heavy (non-hydrogen) atoms. The summed E-state index contributed by atoms with van der Waals surface area (Å²) in [7, 11) is 0. The second-order valence-electron chi connectivity index (χ2n) is 3.88. The molecule has 1 saturated carbocycles. The van der Waals surface area contributed by atoms with Gasteiger partial charge in [-0.3, -0.25) is 0 Å². The lowest BCUT2D eigenvalue weighted by molar-refractivity contribution is -0.0867. The van der Waals surface area contributed by atoms with Crippen molar-refractivity contribution in [2.75, 3.05) is 0 Å². The van der Waals surface area contributed by atoms with Crippen LogP contribution in [-0.4, -0.2) is 5.92 Å². The number of hydrogen-bond acceptors (Lipinski definition) is 0. The lowest BCUT2D eigenvalue weighted by Gasteiger charge is -2.35. The van der Waals surface area contributed by atoms with Gasteiger partial charge in [-0.05, 0) is 18.4 Å². The number of halogens is 2. The molecule has 0 aromatic heterocycles. The van der Waals surface area contributed by atoms with Crippen molar-refractivity contribution in [3.05, 3.63) is 35.4 Å². The molecule has 0 spiro atoms. The van der Waals surface area contributed by atoms with Gasteiger partial charge < -0.3 is 0 Å². The predicted octanol–water partition coefficient (Wildman–Crippen LogP) is 3.51. The molecular weight excluding hydrogens is 170 g/mol. The van der Waals surface area contributed by atoms with Gasteiger partial charge in [0.25, 0.3) is 0 Å². The highest BCUT2D eigenvalue weighted by atomic mass is 19.3. The minimum absolute atomic E-state index is 0.0243. The standard InChI is InChI=1S/C11H12F2/c1-8-3-2-4-9(5-8)10-6-11(12,13)7-10/h2-5,10H,6-7H2,1H3. The van der Waals surface area contributed by atoms with E-state index in [1.54, 1.807) is 0 Å². The van der Waals surface area contributed by atoms with Crippen LogP contribution in [0.5, 0.6) is 0 Å². The summed E-state index contributed by atoms with van der Waals surface area (Å²) in [5.41, 5.74) is 2.21. The first-order valence-corrected chi connectivity index (χ1v) is 4.51. The summed E-state index contributed by atoms with van der Waals surface area (Å²) in [5, 5.41) is 0. The van der Waals surface area contributed by atoms with E-state index in [9.17, 15) is 8.78 Å². The van der Waals surface area contributed by atoms with Gasteiger partial charge in [-0.25, -0.2) is 8.78 Å². The maximum atomic E-state index is 12.6. The average Bonchev–Trinajstić information content (AvgIpc) is 2.00. The molecule has 0 radical (unpaired) electrons. The minimum atomic E-state index is -2.41. The van der Waals surface area contributed by atoms with Crippen LogP contribution in [0, 0.1) is 6.92 Å². The lowest BCUT2D eigenvalue weighted by atomic mass is 9.76. The molecule has 70 valence electrons. The van der Waals surface area contributed by atoms with Crippen LogP contribution in [0.15, 0.2) is 24.3 Å². The summed E-state index contributed by atoms with van der Waals surface area (Å²) in [6, 6.07) is 7.86. The van der Waals surface area contributed by atoms with Crippen molar-refractivity contribution in [3.63, 3.8) is 0 Å². The molecule has 0 saturated heterocycles. The number of alkyl halides is 2. The van der Waals surface area contributed by atoms with E-state index >= 15 is 0 Å². The lowest BCUT2D eigenvalue weighted by Crippen LogP contribution is -2.33. The highest BCUT2D eigenvalue weighted by Gasteiger charge is 2.45. The monoisotopic (exact) mass is 182 g/mol. The van der Waals surface area contributed by atoms with Crippen LogP contribution in [0.4, 0.5) is 8.78 Å². The SMILES string of the molecule is Cc1cccc(C2CC(F)(F)C2)c1. The topological polar surface area (TPSA) is 0 Å². The number of aryl methyl sites for hydroxylation is 1. The summed E-state index contributed by atoms with van der Waals surface area (Å²) in [6.07, 6.45) is 0.0485. The maximum Gasteiger partial charge on any atom is 0.249 e. The first kappa shape index (κ1) is 8.67. The minimum Gasteiger partial charge on any atom is -0.207 e. The molecule has 1 aliphatic carbocycles. The van der Waals surface area contributed by atoms with Gasteiger partial charge in [0.15, 0.2) is 0 Å². The molecule has 0 nitrogen and oxygen atoms in total. The van der Waals surface area contributed by atoms with Crippen LogP contribution in [0.25, 0.3) is 0 Å². The number of hydrogen-bond donors (Lipinski definition) is 0. The zero-order valence-corrected chi connectivity index (χ0v) is 7.56. The van der Waals surface area contributed by atoms with Gasteiger partial charge in [0.1, 0.15) is 0 Å². The Morgan fingerprint density at radius 2 is 2.00 bits per heavy atom. The summed E-state index contributed by atoms with van der Waals surface area (Å²) in [4.78, 5) is 0. The van der Waals surface area contributed by atoms with Gasteiger partial charge >= 0.3 is 0 Å². The summed E-state index contributed by atoms with van der Waals surface area (Å²) < 4.78 is 25.1. The molecule has 0 heterocycles. The Bertz CT molecular complexity index is 310. The van der Waals surface area contributed by atoms with Crippen molar-refractivity contribution in [2.45, 2.75) is 31.6 Å². The molecule has 0 atom stereocenters. The van der Waals surface area contributed by atoms with Gasteiger partial charge in [0, 0.05) is 12.8 Å². The zero-order valence-electron chi connectivity index (χ0n) is 7.56. The third kappa shape index (κ3) is 1.71. The Balaban J connectivity index is 2.11. The highest BCUT2D eigenvalue weighted by Crippen LogP contribution is 2.48. The molecule has 0 aliphatic heterocycles. The smallest absolute Gasteiger partial charge is 0.207 e. The third-order valence-corrected chi connectivity index (χ3v) is 2.60. The molecule has 1 fully saturated rings. The first-order chi connectivity index (χ1) is 6.07. The van der Waals surface area contributed by atoms with Crippen molar-refractivity contribution >= 4 is 0 Å². The summed E-state index contributed by atoms with van der Waals surface area (Å²) >= 11 is 0. The van der Waals surface area contributed by atoms with Crippen LogP contribution >= 0.6 is 0 Å². The fourth-order valence-corrected chi connectivity index (χ4v) is 1.82. The Morgan fingerprint density at radius 1 is 1.31 bits per heavy atom. The molecule has 1 aromatic rings. The molecule has 0 amide bonds. The van der Waals surface area contributed by atoms with Crippen LogP contribution in [0.3, 0.4) is 0 Å².